The van der Waals surface area contributed by atoms with E-state index in [9.17, 15) is 4.79 Å². The number of hydrogen-bond donors (Lipinski definition) is 1. The highest BCUT2D eigenvalue weighted by Crippen LogP contribution is 2.07. The van der Waals surface area contributed by atoms with Crippen molar-refractivity contribution in [2.24, 2.45) is 0 Å². The van der Waals surface area contributed by atoms with Crippen LogP contribution in [0.3, 0.4) is 0 Å². The van der Waals surface area contributed by atoms with Crippen molar-refractivity contribution in [3.63, 3.8) is 0 Å². The molecule has 1 heterocycles. The lowest BCUT2D eigenvalue weighted by Gasteiger charge is -1.93. The van der Waals surface area contributed by atoms with Crippen molar-refractivity contribution in [3.05, 3.63) is 23.9 Å². The number of unbranched alkanes of at least 4 members (excludes halogenated alkanes) is 2. The van der Waals surface area contributed by atoms with Crippen LogP contribution in [0.4, 0.5) is 0 Å². The largest absolute Gasteiger partial charge is 0.478 e. The van der Waals surface area contributed by atoms with Crippen LogP contribution in [0.25, 0.3) is 0 Å². The van der Waals surface area contributed by atoms with Gasteiger partial charge in [-0.2, -0.15) is 4.98 Å². The number of rotatable bonds is 7. The van der Waals surface area contributed by atoms with Crippen LogP contribution in [0.2, 0.25) is 0 Å². The molecular weight excluding hydrogens is 208 g/mol. The molecule has 1 N–H and O–H groups in total. The Labute approximate surface area is 94.2 Å². The van der Waals surface area contributed by atoms with Gasteiger partial charge in [0.25, 0.3) is 0 Å². The van der Waals surface area contributed by atoms with Gasteiger partial charge in [-0.25, -0.2) is 4.79 Å². The van der Waals surface area contributed by atoms with Gasteiger partial charge in [0.1, 0.15) is 0 Å². The van der Waals surface area contributed by atoms with Crippen LogP contribution in [0.5, 0.6) is 0 Å². The molecule has 0 aliphatic rings. The van der Waals surface area contributed by atoms with E-state index < -0.39 is 5.97 Å². The van der Waals surface area contributed by atoms with Crippen molar-refractivity contribution in [2.75, 3.05) is 0 Å². The van der Waals surface area contributed by atoms with Gasteiger partial charge < -0.3 is 9.63 Å². The summed E-state index contributed by atoms with van der Waals surface area (Å²) in [6.07, 6.45) is 4.18. The second-order valence-electron chi connectivity index (χ2n) is 3.65. The average molecular weight is 224 g/mol. The summed E-state index contributed by atoms with van der Waals surface area (Å²) in [6, 6.07) is 0. The van der Waals surface area contributed by atoms with E-state index in [-0.39, 0.29) is 12.0 Å². The standard InChI is InChI=1S/C11H16N2O3/c1-3-4-5-6-9-12-10(16-13-9)7-8(2)11(14)15/h2-7H2,1H3,(H,14,15). The number of carboxylic acids is 1. The molecule has 0 saturated carbocycles. The van der Waals surface area contributed by atoms with Crippen molar-refractivity contribution in [2.45, 2.75) is 39.0 Å². The normalized spacial score (nSPS) is 10.3. The monoisotopic (exact) mass is 224 g/mol. The molecule has 0 aliphatic heterocycles. The molecule has 0 aromatic carbocycles. The SMILES string of the molecule is C=C(Cc1nc(CCCCC)no1)C(=O)O. The summed E-state index contributed by atoms with van der Waals surface area (Å²) in [5.41, 5.74) is 0.0590. The van der Waals surface area contributed by atoms with Crippen LogP contribution < -0.4 is 0 Å². The number of carbonyl (C=O) groups is 1. The van der Waals surface area contributed by atoms with E-state index >= 15 is 0 Å². The van der Waals surface area contributed by atoms with Crippen LogP contribution >= 0.6 is 0 Å². The topological polar surface area (TPSA) is 76.2 Å². The molecule has 0 atom stereocenters. The third-order valence-electron chi connectivity index (χ3n) is 2.18. The number of aliphatic carboxylic acids is 1. The van der Waals surface area contributed by atoms with Gasteiger partial charge >= 0.3 is 5.97 Å². The molecule has 5 nitrogen and oxygen atoms in total. The van der Waals surface area contributed by atoms with Gasteiger partial charge in [-0.15, -0.1) is 0 Å². The molecule has 1 rings (SSSR count). The van der Waals surface area contributed by atoms with Crippen LogP contribution in [-0.4, -0.2) is 21.2 Å². The molecule has 0 unspecified atom stereocenters. The molecule has 0 amide bonds. The zero-order chi connectivity index (χ0) is 12.0. The first-order valence-electron chi connectivity index (χ1n) is 5.36. The molecule has 0 spiro atoms. The van der Waals surface area contributed by atoms with Crippen LogP contribution in [0.1, 0.15) is 37.9 Å². The van der Waals surface area contributed by atoms with E-state index in [4.69, 9.17) is 9.63 Å². The maximum Gasteiger partial charge on any atom is 0.331 e. The van der Waals surface area contributed by atoms with Crippen LogP contribution in [0, 0.1) is 0 Å². The lowest BCUT2D eigenvalue weighted by atomic mass is 10.2. The summed E-state index contributed by atoms with van der Waals surface area (Å²) >= 11 is 0. The number of hydrogen-bond acceptors (Lipinski definition) is 4. The minimum Gasteiger partial charge on any atom is -0.478 e. The summed E-state index contributed by atoms with van der Waals surface area (Å²) in [5, 5.41) is 12.4. The molecule has 0 saturated heterocycles. The van der Waals surface area contributed by atoms with E-state index in [0.717, 1.165) is 25.7 Å². The minimum atomic E-state index is -1.04. The molecule has 0 bridgehead atoms. The molecule has 1 aromatic heterocycles. The Kier molecular flexibility index (Phi) is 4.69. The summed E-state index contributed by atoms with van der Waals surface area (Å²) in [4.78, 5) is 14.6. The van der Waals surface area contributed by atoms with Crippen LogP contribution in [-0.2, 0) is 17.6 Å². The Hall–Kier alpha value is -1.65. The minimum absolute atomic E-state index is 0.0590. The zero-order valence-corrected chi connectivity index (χ0v) is 9.40. The molecule has 0 radical (unpaired) electrons. The number of aromatic nitrogens is 2. The van der Waals surface area contributed by atoms with E-state index in [2.05, 4.69) is 23.6 Å². The van der Waals surface area contributed by atoms with Gasteiger partial charge in [0.05, 0.1) is 6.42 Å². The van der Waals surface area contributed by atoms with Crippen molar-refractivity contribution < 1.29 is 14.4 Å². The third kappa shape index (κ3) is 3.84. The quantitative estimate of drug-likeness (QED) is 0.566. The van der Waals surface area contributed by atoms with Crippen molar-refractivity contribution in [1.29, 1.82) is 0 Å². The van der Waals surface area contributed by atoms with E-state index in [0.29, 0.717) is 11.7 Å². The van der Waals surface area contributed by atoms with E-state index in [1.165, 1.54) is 0 Å². The fraction of sp³-hybridized carbons (Fsp3) is 0.545. The van der Waals surface area contributed by atoms with Crippen molar-refractivity contribution in [1.82, 2.24) is 10.1 Å². The molecule has 5 heteroatoms. The summed E-state index contributed by atoms with van der Waals surface area (Å²) < 4.78 is 4.93. The highest BCUT2D eigenvalue weighted by Gasteiger charge is 2.11. The summed E-state index contributed by atoms with van der Waals surface area (Å²) in [6.45, 7) is 5.53. The van der Waals surface area contributed by atoms with Crippen LogP contribution in [0.15, 0.2) is 16.7 Å². The van der Waals surface area contributed by atoms with Gasteiger partial charge in [0, 0.05) is 12.0 Å². The Balaban J connectivity index is 2.45. The molecule has 88 valence electrons. The Morgan fingerprint density at radius 2 is 2.25 bits per heavy atom. The predicted octanol–water partition coefficient (Wildman–Crippen LogP) is 1.99. The number of aryl methyl sites for hydroxylation is 1. The fourth-order valence-corrected chi connectivity index (χ4v) is 1.25. The fourth-order valence-electron chi connectivity index (χ4n) is 1.25. The summed E-state index contributed by atoms with van der Waals surface area (Å²) in [7, 11) is 0. The molecule has 16 heavy (non-hydrogen) atoms. The Bertz CT molecular complexity index is 371. The van der Waals surface area contributed by atoms with Gasteiger partial charge in [0.2, 0.25) is 5.89 Å². The van der Waals surface area contributed by atoms with E-state index in [1.54, 1.807) is 0 Å². The first-order chi connectivity index (χ1) is 7.63. The molecule has 1 aromatic rings. The highest BCUT2D eigenvalue weighted by atomic mass is 16.5. The smallest absolute Gasteiger partial charge is 0.331 e. The Morgan fingerprint density at radius 1 is 1.50 bits per heavy atom. The van der Waals surface area contributed by atoms with Crippen molar-refractivity contribution in [3.8, 4) is 0 Å². The second kappa shape index (κ2) is 6.05. The second-order valence-corrected chi connectivity index (χ2v) is 3.65. The van der Waals surface area contributed by atoms with Crippen molar-refractivity contribution >= 4 is 5.97 Å². The highest BCUT2D eigenvalue weighted by molar-refractivity contribution is 5.86. The van der Waals surface area contributed by atoms with Gasteiger partial charge in [-0.05, 0) is 6.42 Å². The first-order valence-corrected chi connectivity index (χ1v) is 5.36. The Morgan fingerprint density at radius 3 is 2.88 bits per heavy atom. The van der Waals surface area contributed by atoms with E-state index in [1.807, 2.05) is 0 Å². The molecule has 0 fully saturated rings. The zero-order valence-electron chi connectivity index (χ0n) is 9.40. The van der Waals surface area contributed by atoms with Gasteiger partial charge in [-0.1, -0.05) is 31.5 Å². The number of nitrogens with zero attached hydrogens (tertiary/aromatic N) is 2. The summed E-state index contributed by atoms with van der Waals surface area (Å²) in [5.74, 6) is -0.0775. The van der Waals surface area contributed by atoms with Gasteiger partial charge in [0.15, 0.2) is 5.82 Å². The number of carboxylic acid groups (broad SMARTS) is 1. The maximum atomic E-state index is 10.5. The molecular formula is C11H16N2O3. The maximum absolute atomic E-state index is 10.5. The predicted molar refractivity (Wildman–Crippen MR) is 58.0 cm³/mol. The first kappa shape index (κ1) is 12.4. The lowest BCUT2D eigenvalue weighted by Crippen LogP contribution is -2.02. The lowest BCUT2D eigenvalue weighted by molar-refractivity contribution is -0.132. The molecule has 0 aliphatic carbocycles. The average Bonchev–Trinajstić information content (AvgIpc) is 2.66. The third-order valence-corrected chi connectivity index (χ3v) is 2.18. The van der Waals surface area contributed by atoms with Gasteiger partial charge in [-0.3, -0.25) is 0 Å².